The van der Waals surface area contributed by atoms with Crippen LogP contribution in [0.5, 0.6) is 5.75 Å². The number of aliphatic hydroxyl groups excluding tert-OH is 1. The van der Waals surface area contributed by atoms with Gasteiger partial charge in [-0.2, -0.15) is 0 Å². The summed E-state index contributed by atoms with van der Waals surface area (Å²) in [4.78, 5) is 0. The number of aliphatic hydroxyl groups is 1. The normalized spacial score (nSPS) is 12.6. The van der Waals surface area contributed by atoms with Crippen LogP contribution in [0.15, 0.2) is 12.1 Å². The lowest BCUT2D eigenvalue weighted by molar-refractivity contribution is 0.111. The zero-order valence-corrected chi connectivity index (χ0v) is 8.47. The summed E-state index contributed by atoms with van der Waals surface area (Å²) in [6, 6.07) is 1.79. The first kappa shape index (κ1) is 12.2. The van der Waals surface area contributed by atoms with Gasteiger partial charge in [0.05, 0.1) is 0 Å². The van der Waals surface area contributed by atoms with E-state index in [0.29, 0.717) is 0 Å². The molecule has 0 aromatic heterocycles. The van der Waals surface area contributed by atoms with Crippen LogP contribution >= 0.6 is 11.6 Å². The monoisotopic (exact) mass is 237 g/mol. The number of rotatable bonds is 4. The molecule has 0 spiro atoms. The molecule has 0 fully saturated rings. The molecule has 1 rings (SSSR count). The third-order valence-corrected chi connectivity index (χ3v) is 2.05. The van der Waals surface area contributed by atoms with Crippen LogP contribution in [0.4, 0.5) is 8.78 Å². The number of halogens is 3. The molecule has 0 radical (unpaired) electrons. The molecule has 0 saturated carbocycles. The van der Waals surface area contributed by atoms with E-state index in [9.17, 15) is 8.78 Å². The van der Waals surface area contributed by atoms with Crippen LogP contribution in [-0.2, 0) is 0 Å². The van der Waals surface area contributed by atoms with E-state index < -0.39 is 28.5 Å². The number of nitrogens with two attached hydrogens (primary N) is 1. The highest BCUT2D eigenvalue weighted by molar-refractivity contribution is 6.32. The first-order chi connectivity index (χ1) is 7.06. The zero-order valence-electron chi connectivity index (χ0n) is 7.71. The predicted octanol–water partition coefficient (Wildman–Crippen LogP) is 1.32. The van der Waals surface area contributed by atoms with Crippen molar-refractivity contribution < 1.29 is 18.6 Å². The number of ether oxygens (including phenoxy) is 1. The van der Waals surface area contributed by atoms with Crippen molar-refractivity contribution in [2.24, 2.45) is 5.73 Å². The van der Waals surface area contributed by atoms with E-state index in [1.165, 1.54) is 0 Å². The van der Waals surface area contributed by atoms with Crippen molar-refractivity contribution in [1.29, 1.82) is 0 Å². The lowest BCUT2D eigenvalue weighted by atomic mass is 10.3. The van der Waals surface area contributed by atoms with Gasteiger partial charge in [0.2, 0.25) is 0 Å². The molecule has 0 aliphatic carbocycles. The molecule has 0 aliphatic heterocycles. The Labute approximate surface area is 90.4 Å². The fourth-order valence-corrected chi connectivity index (χ4v) is 1.10. The van der Waals surface area contributed by atoms with Gasteiger partial charge in [-0.05, 0) is 12.1 Å². The van der Waals surface area contributed by atoms with Crippen molar-refractivity contribution in [2.75, 3.05) is 13.2 Å². The van der Waals surface area contributed by atoms with Crippen LogP contribution in [0, 0.1) is 11.6 Å². The van der Waals surface area contributed by atoms with Gasteiger partial charge in [0, 0.05) is 6.54 Å². The van der Waals surface area contributed by atoms with Crippen LogP contribution in [-0.4, -0.2) is 24.4 Å². The van der Waals surface area contributed by atoms with E-state index in [-0.39, 0.29) is 13.2 Å². The van der Waals surface area contributed by atoms with E-state index in [2.05, 4.69) is 0 Å². The minimum absolute atomic E-state index is 0.0332. The molecule has 3 nitrogen and oxygen atoms in total. The van der Waals surface area contributed by atoms with Crippen LogP contribution in [0.1, 0.15) is 0 Å². The number of hydrogen-bond acceptors (Lipinski definition) is 3. The molecule has 0 unspecified atom stereocenters. The van der Waals surface area contributed by atoms with E-state index in [1.807, 2.05) is 0 Å². The second-order valence-electron chi connectivity index (χ2n) is 2.87. The fourth-order valence-electron chi connectivity index (χ4n) is 0.888. The van der Waals surface area contributed by atoms with Crippen molar-refractivity contribution in [2.45, 2.75) is 6.10 Å². The number of hydrogen-bond donors (Lipinski definition) is 2. The van der Waals surface area contributed by atoms with E-state index in [4.69, 9.17) is 27.2 Å². The maximum Gasteiger partial charge on any atom is 0.176 e. The summed E-state index contributed by atoms with van der Waals surface area (Å²) in [6.45, 7) is -0.273. The van der Waals surface area contributed by atoms with E-state index in [1.54, 1.807) is 0 Å². The van der Waals surface area contributed by atoms with Crippen LogP contribution < -0.4 is 10.5 Å². The van der Waals surface area contributed by atoms with Gasteiger partial charge in [-0.15, -0.1) is 0 Å². The maximum atomic E-state index is 13.1. The molecular weight excluding hydrogens is 228 g/mol. The van der Waals surface area contributed by atoms with Crippen molar-refractivity contribution in [1.82, 2.24) is 0 Å². The Balaban J connectivity index is 2.80. The molecule has 1 aromatic carbocycles. The summed E-state index contributed by atoms with van der Waals surface area (Å²) < 4.78 is 30.8. The Morgan fingerprint density at radius 2 is 2.00 bits per heavy atom. The molecule has 6 heteroatoms. The van der Waals surface area contributed by atoms with Gasteiger partial charge in [-0.1, -0.05) is 11.6 Å². The molecule has 1 atom stereocenters. The lowest BCUT2D eigenvalue weighted by Crippen LogP contribution is -2.26. The molecule has 0 aliphatic rings. The minimum atomic E-state index is -0.941. The molecule has 15 heavy (non-hydrogen) atoms. The summed E-state index contributed by atoms with van der Waals surface area (Å²) in [6.07, 6.45) is -0.941. The summed E-state index contributed by atoms with van der Waals surface area (Å²) in [5.41, 5.74) is 5.11. The summed E-state index contributed by atoms with van der Waals surface area (Å²) >= 11 is 5.47. The third-order valence-electron chi connectivity index (χ3n) is 1.69. The molecule has 0 bridgehead atoms. The zero-order chi connectivity index (χ0) is 11.4. The van der Waals surface area contributed by atoms with E-state index in [0.717, 1.165) is 12.1 Å². The van der Waals surface area contributed by atoms with Crippen LogP contribution in [0.2, 0.25) is 5.02 Å². The minimum Gasteiger partial charge on any atom is -0.486 e. The Bertz CT molecular complexity index is 349. The molecule has 0 saturated heterocycles. The highest BCUT2D eigenvalue weighted by Gasteiger charge is 2.14. The predicted molar refractivity (Wildman–Crippen MR) is 51.9 cm³/mol. The van der Waals surface area contributed by atoms with Crippen molar-refractivity contribution in [3.8, 4) is 5.75 Å². The fraction of sp³-hybridized carbons (Fsp3) is 0.333. The number of benzene rings is 1. The Morgan fingerprint density at radius 3 is 2.60 bits per heavy atom. The molecular formula is C9H10ClF2NO2. The van der Waals surface area contributed by atoms with Crippen molar-refractivity contribution >= 4 is 11.6 Å². The average Bonchev–Trinajstić information content (AvgIpc) is 2.23. The summed E-state index contributed by atoms with van der Waals surface area (Å²) in [5, 5.41) is 8.62. The summed E-state index contributed by atoms with van der Waals surface area (Å²) in [7, 11) is 0. The first-order valence-corrected chi connectivity index (χ1v) is 4.58. The van der Waals surface area contributed by atoms with Crippen molar-refractivity contribution in [3.63, 3.8) is 0 Å². The lowest BCUT2D eigenvalue weighted by Gasteiger charge is -2.12. The van der Waals surface area contributed by atoms with E-state index >= 15 is 0 Å². The van der Waals surface area contributed by atoms with Crippen molar-refractivity contribution in [3.05, 3.63) is 28.8 Å². The first-order valence-electron chi connectivity index (χ1n) is 4.20. The molecule has 0 heterocycles. The van der Waals surface area contributed by atoms with Gasteiger partial charge >= 0.3 is 0 Å². The molecule has 1 aromatic rings. The van der Waals surface area contributed by atoms with Gasteiger partial charge < -0.3 is 15.6 Å². The largest absolute Gasteiger partial charge is 0.486 e. The topological polar surface area (TPSA) is 55.5 Å². The molecule has 84 valence electrons. The Morgan fingerprint density at radius 1 is 1.40 bits per heavy atom. The average molecular weight is 238 g/mol. The van der Waals surface area contributed by atoms with Crippen LogP contribution in [0.3, 0.4) is 0 Å². The van der Waals surface area contributed by atoms with Gasteiger partial charge in [-0.25, -0.2) is 8.78 Å². The smallest absolute Gasteiger partial charge is 0.176 e. The molecule has 3 N–H and O–H groups in total. The SMILES string of the molecule is NC[C@@H](O)COc1c(F)ccc(F)c1Cl. The second kappa shape index (κ2) is 5.25. The van der Waals surface area contributed by atoms with Gasteiger partial charge in [-0.3, -0.25) is 0 Å². The summed E-state index contributed by atoms with van der Waals surface area (Å²) in [5.74, 6) is -1.98. The second-order valence-corrected chi connectivity index (χ2v) is 3.25. The van der Waals surface area contributed by atoms with Gasteiger partial charge in [0.25, 0.3) is 0 Å². The highest BCUT2D eigenvalue weighted by atomic mass is 35.5. The Kier molecular flexibility index (Phi) is 4.26. The van der Waals surface area contributed by atoms with Gasteiger partial charge in [0.15, 0.2) is 11.6 Å². The maximum absolute atomic E-state index is 13.1. The quantitative estimate of drug-likeness (QED) is 0.777. The van der Waals surface area contributed by atoms with Crippen LogP contribution in [0.25, 0.3) is 0 Å². The van der Waals surface area contributed by atoms with Gasteiger partial charge in [0.1, 0.15) is 23.6 Å². The molecule has 0 amide bonds. The highest BCUT2D eigenvalue weighted by Crippen LogP contribution is 2.30. The Hall–Kier alpha value is -0.910. The third kappa shape index (κ3) is 3.02. The standard InChI is InChI=1S/C9H10ClF2NO2/c10-8-6(11)1-2-7(12)9(8)15-4-5(14)3-13/h1-2,5,14H,3-4,13H2/t5-/m1/s1.